The molecule has 8 nitrogen and oxygen atoms in total. The van der Waals surface area contributed by atoms with Crippen LogP contribution < -0.4 is 4.90 Å². The summed E-state index contributed by atoms with van der Waals surface area (Å²) >= 11 is 0. The van der Waals surface area contributed by atoms with Crippen LogP contribution in [0.25, 0.3) is 0 Å². The number of hydrogen-bond acceptors (Lipinski definition) is 6. The van der Waals surface area contributed by atoms with E-state index in [0.29, 0.717) is 25.8 Å². The van der Waals surface area contributed by atoms with Crippen LogP contribution >= 0.6 is 0 Å². The lowest BCUT2D eigenvalue weighted by atomic mass is 10.0. The fraction of sp³-hybridized carbons (Fsp3) is 0.462. The van der Waals surface area contributed by atoms with Gasteiger partial charge in [-0.05, 0) is 25.8 Å². The number of nitrogens with zero attached hydrogens (tertiary/aromatic N) is 3. The summed E-state index contributed by atoms with van der Waals surface area (Å²) in [5.74, 6) is 0. The smallest absolute Gasteiger partial charge is 0.310 e. The molecule has 0 N–H and O–H groups in total. The fourth-order valence-corrected chi connectivity index (χ4v) is 2.27. The summed E-state index contributed by atoms with van der Waals surface area (Å²) in [5, 5.41) is 22.6. The molecular formula is C13H17N3O5. The SMILES string of the molecule is CCCN(CC)c1c([N+](=O)[O-])cc(C)c(C=O)c1[N+](=O)[O-]. The third-order valence-corrected chi connectivity index (χ3v) is 3.19. The molecule has 8 heteroatoms. The Morgan fingerprint density at radius 2 is 1.86 bits per heavy atom. The van der Waals surface area contributed by atoms with Crippen molar-refractivity contribution in [3.63, 3.8) is 0 Å². The lowest BCUT2D eigenvalue weighted by Gasteiger charge is -2.22. The van der Waals surface area contributed by atoms with Crippen LogP contribution in [0.4, 0.5) is 17.1 Å². The molecule has 1 rings (SSSR count). The minimum atomic E-state index is -0.725. The highest BCUT2D eigenvalue weighted by molar-refractivity contribution is 5.92. The highest BCUT2D eigenvalue weighted by atomic mass is 16.6. The van der Waals surface area contributed by atoms with Crippen LogP contribution in [-0.4, -0.2) is 29.2 Å². The maximum atomic E-state index is 11.4. The Morgan fingerprint density at radius 1 is 1.24 bits per heavy atom. The van der Waals surface area contributed by atoms with Crippen LogP contribution in [0.3, 0.4) is 0 Å². The Labute approximate surface area is 121 Å². The molecule has 0 saturated carbocycles. The Balaban J connectivity index is 3.80. The first-order chi connectivity index (χ1) is 9.88. The molecule has 0 aliphatic rings. The van der Waals surface area contributed by atoms with E-state index in [4.69, 9.17) is 0 Å². The van der Waals surface area contributed by atoms with Crippen molar-refractivity contribution in [1.29, 1.82) is 0 Å². The molecular weight excluding hydrogens is 278 g/mol. The van der Waals surface area contributed by atoms with Crippen LogP contribution in [0.2, 0.25) is 0 Å². The minimum absolute atomic E-state index is 0.0953. The van der Waals surface area contributed by atoms with Gasteiger partial charge in [-0.1, -0.05) is 6.92 Å². The molecule has 0 aliphatic heterocycles. The first kappa shape index (κ1) is 16.5. The third kappa shape index (κ3) is 3.15. The van der Waals surface area contributed by atoms with Gasteiger partial charge < -0.3 is 4.90 Å². The molecule has 0 heterocycles. The summed E-state index contributed by atoms with van der Waals surface area (Å²) in [5.41, 5.74) is -0.830. The van der Waals surface area contributed by atoms with Gasteiger partial charge in [-0.3, -0.25) is 25.0 Å². The summed E-state index contributed by atoms with van der Waals surface area (Å²) in [4.78, 5) is 33.9. The number of benzene rings is 1. The van der Waals surface area contributed by atoms with Gasteiger partial charge in [0.05, 0.1) is 15.4 Å². The van der Waals surface area contributed by atoms with E-state index in [1.165, 1.54) is 13.0 Å². The monoisotopic (exact) mass is 295 g/mol. The molecule has 1 aromatic rings. The number of anilines is 1. The van der Waals surface area contributed by atoms with Gasteiger partial charge in [-0.2, -0.15) is 0 Å². The number of nitro groups is 2. The number of hydrogen-bond donors (Lipinski definition) is 0. The van der Waals surface area contributed by atoms with Gasteiger partial charge >= 0.3 is 5.69 Å². The third-order valence-electron chi connectivity index (χ3n) is 3.19. The summed E-state index contributed by atoms with van der Waals surface area (Å²) in [6, 6.07) is 1.21. The summed E-state index contributed by atoms with van der Waals surface area (Å²) in [6.07, 6.45) is 1.05. The van der Waals surface area contributed by atoms with Gasteiger partial charge in [0.15, 0.2) is 12.0 Å². The Bertz CT molecular complexity index is 586. The van der Waals surface area contributed by atoms with E-state index in [2.05, 4.69) is 0 Å². The highest BCUT2D eigenvalue weighted by Crippen LogP contribution is 2.41. The Morgan fingerprint density at radius 3 is 2.24 bits per heavy atom. The first-order valence-electron chi connectivity index (χ1n) is 6.55. The normalized spacial score (nSPS) is 10.2. The predicted molar refractivity (Wildman–Crippen MR) is 78.1 cm³/mol. The first-order valence-corrected chi connectivity index (χ1v) is 6.55. The van der Waals surface area contributed by atoms with E-state index in [1.807, 2.05) is 6.92 Å². The van der Waals surface area contributed by atoms with Crippen molar-refractivity contribution >= 4 is 23.3 Å². The van der Waals surface area contributed by atoms with Crippen molar-refractivity contribution in [2.75, 3.05) is 18.0 Å². The minimum Gasteiger partial charge on any atom is -0.361 e. The van der Waals surface area contributed by atoms with E-state index in [9.17, 15) is 25.0 Å². The highest BCUT2D eigenvalue weighted by Gasteiger charge is 2.33. The summed E-state index contributed by atoms with van der Waals surface area (Å²) in [7, 11) is 0. The van der Waals surface area contributed by atoms with Crippen LogP contribution in [-0.2, 0) is 0 Å². The van der Waals surface area contributed by atoms with Gasteiger partial charge in [0.25, 0.3) is 5.69 Å². The predicted octanol–water partition coefficient (Wildman–Crippen LogP) is 2.86. The summed E-state index contributed by atoms with van der Waals surface area (Å²) < 4.78 is 0. The van der Waals surface area contributed by atoms with Crippen molar-refractivity contribution in [1.82, 2.24) is 0 Å². The van der Waals surface area contributed by atoms with Gasteiger partial charge in [-0.25, -0.2) is 0 Å². The second-order valence-electron chi connectivity index (χ2n) is 4.54. The fourth-order valence-electron chi connectivity index (χ4n) is 2.27. The number of nitro benzene ring substituents is 2. The molecule has 1 aromatic carbocycles. The van der Waals surface area contributed by atoms with Crippen molar-refractivity contribution in [2.24, 2.45) is 0 Å². The van der Waals surface area contributed by atoms with Gasteiger partial charge in [0.2, 0.25) is 0 Å². The molecule has 0 aliphatic carbocycles. The van der Waals surface area contributed by atoms with E-state index < -0.39 is 15.5 Å². The zero-order valence-corrected chi connectivity index (χ0v) is 12.2. The van der Waals surface area contributed by atoms with Gasteiger partial charge in [0.1, 0.15) is 0 Å². The lowest BCUT2D eigenvalue weighted by molar-refractivity contribution is -0.392. The molecule has 0 bridgehead atoms. The maximum absolute atomic E-state index is 11.4. The topological polar surface area (TPSA) is 107 Å². The van der Waals surface area contributed by atoms with E-state index in [-0.39, 0.29) is 22.5 Å². The quantitative estimate of drug-likeness (QED) is 0.435. The maximum Gasteiger partial charge on any atom is 0.310 e. The average Bonchev–Trinajstić information content (AvgIpc) is 2.43. The number of aryl methyl sites for hydroxylation is 1. The number of rotatable bonds is 7. The van der Waals surface area contributed by atoms with Crippen LogP contribution in [0.5, 0.6) is 0 Å². The molecule has 0 spiro atoms. The lowest BCUT2D eigenvalue weighted by Crippen LogP contribution is -2.26. The molecule has 0 radical (unpaired) electrons. The summed E-state index contributed by atoms with van der Waals surface area (Å²) in [6.45, 7) is 5.87. The molecule has 0 unspecified atom stereocenters. The van der Waals surface area contributed by atoms with Crippen LogP contribution in [0.1, 0.15) is 36.2 Å². The number of aldehydes is 1. The van der Waals surface area contributed by atoms with E-state index >= 15 is 0 Å². The Kier molecular flexibility index (Phi) is 5.34. The average molecular weight is 295 g/mol. The largest absolute Gasteiger partial charge is 0.361 e. The zero-order chi connectivity index (χ0) is 16.2. The molecule has 0 aromatic heterocycles. The van der Waals surface area contributed by atoms with E-state index in [0.717, 1.165) is 0 Å². The van der Waals surface area contributed by atoms with Crippen LogP contribution in [0.15, 0.2) is 6.07 Å². The second kappa shape index (κ2) is 6.78. The standard InChI is InChI=1S/C13H17N3O5/c1-4-6-14(5-2)13-11(15(18)19)7-9(3)10(8-17)12(13)16(20)21/h7-8H,4-6H2,1-3H3. The van der Waals surface area contributed by atoms with Gasteiger partial charge in [-0.15, -0.1) is 0 Å². The van der Waals surface area contributed by atoms with Gasteiger partial charge in [0, 0.05) is 19.2 Å². The van der Waals surface area contributed by atoms with Crippen LogP contribution in [0, 0.1) is 27.2 Å². The molecule has 0 fully saturated rings. The molecule has 0 saturated heterocycles. The Hall–Kier alpha value is -2.51. The van der Waals surface area contributed by atoms with Crippen molar-refractivity contribution in [2.45, 2.75) is 27.2 Å². The molecule has 21 heavy (non-hydrogen) atoms. The second-order valence-corrected chi connectivity index (χ2v) is 4.54. The van der Waals surface area contributed by atoms with Crippen molar-refractivity contribution in [3.05, 3.63) is 37.4 Å². The van der Waals surface area contributed by atoms with E-state index in [1.54, 1.807) is 11.8 Å². The molecule has 114 valence electrons. The molecule has 0 amide bonds. The van der Waals surface area contributed by atoms with Crippen molar-refractivity contribution in [3.8, 4) is 0 Å². The zero-order valence-electron chi connectivity index (χ0n) is 12.2. The van der Waals surface area contributed by atoms with Crippen molar-refractivity contribution < 1.29 is 14.6 Å². The number of carbonyl (C=O) groups is 1. The number of carbonyl (C=O) groups excluding carboxylic acids is 1. The molecule has 0 atom stereocenters.